The highest BCUT2D eigenvalue weighted by molar-refractivity contribution is 6.31. The minimum Gasteiger partial charge on any atom is -0.392 e. The molecule has 2 amide bonds. The smallest absolute Gasteiger partial charge is 0.252 e. The highest BCUT2D eigenvalue weighted by Gasteiger charge is 2.64. The van der Waals surface area contributed by atoms with Gasteiger partial charge in [-0.25, -0.2) is 0 Å². The van der Waals surface area contributed by atoms with Crippen molar-refractivity contribution in [2.24, 2.45) is 5.92 Å². The highest BCUT2D eigenvalue weighted by Crippen LogP contribution is 2.41. The van der Waals surface area contributed by atoms with E-state index in [0.29, 0.717) is 37.0 Å². The molecule has 152 valence electrons. The predicted molar refractivity (Wildman–Crippen MR) is 107 cm³/mol. The van der Waals surface area contributed by atoms with Crippen molar-refractivity contribution in [1.82, 2.24) is 14.7 Å². The zero-order valence-electron chi connectivity index (χ0n) is 16.5. The molecule has 0 saturated carbocycles. The van der Waals surface area contributed by atoms with Crippen LogP contribution in [0.2, 0.25) is 5.02 Å². The molecule has 4 rings (SSSR count). The van der Waals surface area contributed by atoms with Gasteiger partial charge in [0.25, 0.3) is 5.91 Å². The minimum absolute atomic E-state index is 0.149. The number of aliphatic hydroxyl groups excluding tert-OH is 1. The van der Waals surface area contributed by atoms with Crippen LogP contribution in [0, 0.1) is 5.92 Å². The van der Waals surface area contributed by atoms with E-state index in [9.17, 15) is 14.7 Å². The highest BCUT2D eigenvalue weighted by atomic mass is 35.5. The summed E-state index contributed by atoms with van der Waals surface area (Å²) >= 11 is 6.28. The SMILES string of the molecule is CC(C)CCN1CC2(C1)C(=O)N(Cc1ccccc1Cl)C(=O)[C@@H]1C[C@@H](O)CN12. The Kier molecular flexibility index (Phi) is 5.25. The number of β-amino-alcohol motifs (C(OH)–C–C–N with tert-alkyl or cyclic N) is 1. The van der Waals surface area contributed by atoms with Crippen molar-refractivity contribution in [3.05, 3.63) is 34.9 Å². The van der Waals surface area contributed by atoms with E-state index in [1.807, 2.05) is 23.1 Å². The van der Waals surface area contributed by atoms with E-state index in [2.05, 4.69) is 18.7 Å². The average molecular weight is 406 g/mol. The molecule has 0 unspecified atom stereocenters. The summed E-state index contributed by atoms with van der Waals surface area (Å²) in [5.74, 6) is 0.245. The Morgan fingerprint density at radius 3 is 2.64 bits per heavy atom. The molecule has 1 N–H and O–H groups in total. The van der Waals surface area contributed by atoms with Gasteiger partial charge in [-0.15, -0.1) is 0 Å². The number of halogens is 1. The molecule has 2 atom stereocenters. The molecule has 7 heteroatoms. The van der Waals surface area contributed by atoms with E-state index in [0.717, 1.165) is 18.5 Å². The topological polar surface area (TPSA) is 64.1 Å². The van der Waals surface area contributed by atoms with E-state index >= 15 is 0 Å². The van der Waals surface area contributed by atoms with Crippen LogP contribution in [0.15, 0.2) is 24.3 Å². The number of hydrogen-bond acceptors (Lipinski definition) is 5. The average Bonchev–Trinajstić information content (AvgIpc) is 3.00. The van der Waals surface area contributed by atoms with Crippen LogP contribution in [-0.2, 0) is 16.1 Å². The van der Waals surface area contributed by atoms with Gasteiger partial charge in [0, 0.05) is 24.7 Å². The summed E-state index contributed by atoms with van der Waals surface area (Å²) in [5, 5.41) is 10.8. The largest absolute Gasteiger partial charge is 0.392 e. The first kappa shape index (κ1) is 19.8. The monoisotopic (exact) mass is 405 g/mol. The summed E-state index contributed by atoms with van der Waals surface area (Å²) < 4.78 is 0. The standard InChI is InChI=1S/C21H28ClN3O3/c1-14(2)7-8-23-12-21(13-23)20(28)24(10-15-5-3-4-6-17(15)22)19(27)18-9-16(26)11-25(18)21/h3-6,14,16,18,26H,7-13H2,1-2H3/t16-,18+/m1/s1. The third kappa shape index (κ3) is 3.26. The fourth-order valence-electron chi connectivity index (χ4n) is 4.73. The van der Waals surface area contributed by atoms with Gasteiger partial charge in [0.05, 0.1) is 18.7 Å². The second kappa shape index (κ2) is 7.41. The summed E-state index contributed by atoms with van der Waals surface area (Å²) in [4.78, 5) is 32.2. The van der Waals surface area contributed by atoms with Gasteiger partial charge in [-0.3, -0.25) is 24.3 Å². The Hall–Kier alpha value is -1.47. The zero-order valence-corrected chi connectivity index (χ0v) is 17.2. The molecule has 3 fully saturated rings. The maximum Gasteiger partial charge on any atom is 0.252 e. The van der Waals surface area contributed by atoms with Gasteiger partial charge in [0.2, 0.25) is 5.91 Å². The number of hydrogen-bond donors (Lipinski definition) is 1. The van der Waals surface area contributed by atoms with Crippen molar-refractivity contribution in [2.45, 2.75) is 50.9 Å². The lowest BCUT2D eigenvalue weighted by Crippen LogP contribution is -2.81. The number of benzene rings is 1. The lowest BCUT2D eigenvalue weighted by Gasteiger charge is -2.58. The first-order chi connectivity index (χ1) is 13.3. The second-order valence-electron chi connectivity index (χ2n) is 8.80. The molecule has 0 aromatic heterocycles. The van der Waals surface area contributed by atoms with Crippen molar-refractivity contribution in [3.8, 4) is 0 Å². The van der Waals surface area contributed by atoms with Crippen LogP contribution >= 0.6 is 11.6 Å². The Labute approximate surface area is 171 Å². The Morgan fingerprint density at radius 1 is 1.25 bits per heavy atom. The van der Waals surface area contributed by atoms with Gasteiger partial charge in [-0.2, -0.15) is 0 Å². The van der Waals surface area contributed by atoms with E-state index in [-0.39, 0.29) is 18.4 Å². The lowest BCUT2D eigenvalue weighted by atomic mass is 9.82. The minimum atomic E-state index is -0.700. The zero-order chi connectivity index (χ0) is 20.1. The van der Waals surface area contributed by atoms with Gasteiger partial charge in [0.1, 0.15) is 5.54 Å². The number of carbonyl (C=O) groups is 2. The normalized spacial score (nSPS) is 27.5. The fraction of sp³-hybridized carbons (Fsp3) is 0.619. The number of piperazine rings is 1. The van der Waals surface area contributed by atoms with Crippen LogP contribution in [0.25, 0.3) is 0 Å². The molecule has 28 heavy (non-hydrogen) atoms. The fourth-order valence-corrected chi connectivity index (χ4v) is 4.93. The van der Waals surface area contributed by atoms with Gasteiger partial charge < -0.3 is 5.11 Å². The van der Waals surface area contributed by atoms with Crippen LogP contribution in [0.3, 0.4) is 0 Å². The van der Waals surface area contributed by atoms with Crippen LogP contribution in [0.1, 0.15) is 32.3 Å². The number of aliphatic hydroxyl groups is 1. The van der Waals surface area contributed by atoms with E-state index in [1.165, 1.54) is 4.90 Å². The Balaban J connectivity index is 1.58. The first-order valence-electron chi connectivity index (χ1n) is 10.1. The molecule has 0 aliphatic carbocycles. The van der Waals surface area contributed by atoms with Gasteiger partial charge in [-0.1, -0.05) is 43.6 Å². The lowest BCUT2D eigenvalue weighted by molar-refractivity contribution is -0.180. The molecule has 1 aromatic carbocycles. The van der Waals surface area contributed by atoms with E-state index in [4.69, 9.17) is 11.6 Å². The molecular weight excluding hydrogens is 378 g/mol. The van der Waals surface area contributed by atoms with Crippen molar-refractivity contribution in [3.63, 3.8) is 0 Å². The maximum atomic E-state index is 13.5. The van der Waals surface area contributed by atoms with E-state index < -0.39 is 17.7 Å². The molecule has 1 aromatic rings. The summed E-state index contributed by atoms with van der Waals surface area (Å²) in [6.07, 6.45) is 0.904. The molecule has 0 radical (unpaired) electrons. The number of rotatable bonds is 5. The molecular formula is C21H28ClN3O3. The second-order valence-corrected chi connectivity index (χ2v) is 9.21. The van der Waals surface area contributed by atoms with Crippen molar-refractivity contribution in [2.75, 3.05) is 26.2 Å². The number of imide groups is 1. The third-order valence-electron chi connectivity index (χ3n) is 6.30. The molecule has 3 saturated heterocycles. The van der Waals surface area contributed by atoms with Crippen LogP contribution in [-0.4, -0.2) is 75.5 Å². The predicted octanol–water partition coefficient (Wildman–Crippen LogP) is 1.74. The molecule has 0 bridgehead atoms. The summed E-state index contributed by atoms with van der Waals surface area (Å²) in [6, 6.07) is 6.89. The summed E-state index contributed by atoms with van der Waals surface area (Å²) in [6.45, 7) is 7.15. The van der Waals surface area contributed by atoms with Crippen LogP contribution in [0.5, 0.6) is 0 Å². The van der Waals surface area contributed by atoms with Gasteiger partial charge >= 0.3 is 0 Å². The number of likely N-dealkylation sites (tertiary alicyclic amines) is 1. The van der Waals surface area contributed by atoms with E-state index in [1.54, 1.807) is 6.07 Å². The summed E-state index contributed by atoms with van der Waals surface area (Å²) in [7, 11) is 0. The third-order valence-corrected chi connectivity index (χ3v) is 6.67. The van der Waals surface area contributed by atoms with Crippen molar-refractivity contribution < 1.29 is 14.7 Å². The van der Waals surface area contributed by atoms with Gasteiger partial charge in [-0.05, 0) is 36.9 Å². The molecule has 3 heterocycles. The van der Waals surface area contributed by atoms with Crippen molar-refractivity contribution in [1.29, 1.82) is 0 Å². The van der Waals surface area contributed by atoms with Crippen LogP contribution in [0.4, 0.5) is 0 Å². The van der Waals surface area contributed by atoms with Crippen molar-refractivity contribution >= 4 is 23.4 Å². The molecule has 3 aliphatic rings. The summed E-state index contributed by atoms with van der Waals surface area (Å²) in [5.41, 5.74) is 0.0675. The first-order valence-corrected chi connectivity index (χ1v) is 10.5. The molecule has 1 spiro atoms. The van der Waals surface area contributed by atoms with Crippen LogP contribution < -0.4 is 0 Å². The number of carbonyl (C=O) groups excluding carboxylic acids is 2. The maximum absolute atomic E-state index is 13.5. The Bertz CT molecular complexity index is 778. The Morgan fingerprint density at radius 2 is 1.96 bits per heavy atom. The van der Waals surface area contributed by atoms with Gasteiger partial charge in [0.15, 0.2) is 0 Å². The molecule has 6 nitrogen and oxygen atoms in total. The quantitative estimate of drug-likeness (QED) is 0.756. The number of nitrogens with zero attached hydrogens (tertiary/aromatic N) is 3. The molecule has 3 aliphatic heterocycles. The number of fused-ring (bicyclic) bond motifs is 2. The number of amides is 2.